The van der Waals surface area contributed by atoms with E-state index in [1.165, 1.54) is 0 Å². The highest BCUT2D eigenvalue weighted by Gasteiger charge is 2.48. The highest BCUT2D eigenvalue weighted by atomic mass is 16.5. The molecule has 0 spiro atoms. The number of carbonyl (C=O) groups excluding carboxylic acids is 1. The lowest BCUT2D eigenvalue weighted by Crippen LogP contribution is -2.17. The first-order valence-corrected chi connectivity index (χ1v) is 6.47. The summed E-state index contributed by atoms with van der Waals surface area (Å²) in [4.78, 5) is 22.5. The molecule has 3 N–H and O–H groups in total. The highest BCUT2D eigenvalue weighted by molar-refractivity contribution is 5.98. The van der Waals surface area contributed by atoms with Gasteiger partial charge in [0.25, 0.3) is 0 Å². The fourth-order valence-corrected chi connectivity index (χ4v) is 2.07. The van der Waals surface area contributed by atoms with Crippen LogP contribution in [0, 0.1) is 11.8 Å². The molecule has 0 radical (unpaired) electrons. The lowest BCUT2D eigenvalue weighted by molar-refractivity contribution is -0.139. The van der Waals surface area contributed by atoms with Crippen molar-refractivity contribution < 1.29 is 24.5 Å². The minimum absolute atomic E-state index is 0.194. The van der Waals surface area contributed by atoms with Gasteiger partial charge in [0.1, 0.15) is 5.75 Å². The molecule has 2 rings (SSSR count). The number of aliphatic hydroxyl groups excluding tert-OH is 1. The summed E-state index contributed by atoms with van der Waals surface area (Å²) in [6.07, 6.45) is 0.380. The monoisotopic (exact) mass is 279 g/mol. The molecule has 0 heterocycles. The van der Waals surface area contributed by atoms with Crippen LogP contribution in [0.2, 0.25) is 0 Å². The second-order valence-corrected chi connectivity index (χ2v) is 4.69. The van der Waals surface area contributed by atoms with Gasteiger partial charge in [0, 0.05) is 11.3 Å². The second kappa shape index (κ2) is 5.92. The molecule has 1 aromatic carbocycles. The van der Waals surface area contributed by atoms with Crippen molar-refractivity contribution in [2.75, 3.05) is 11.9 Å². The smallest absolute Gasteiger partial charge is 0.307 e. The van der Waals surface area contributed by atoms with Crippen LogP contribution in [0.15, 0.2) is 18.2 Å². The predicted octanol–water partition coefficient (Wildman–Crippen LogP) is 1.24. The van der Waals surface area contributed by atoms with Gasteiger partial charge in [-0.2, -0.15) is 0 Å². The molecule has 20 heavy (non-hydrogen) atoms. The minimum atomic E-state index is -0.937. The molecule has 2 unspecified atom stereocenters. The van der Waals surface area contributed by atoms with Crippen LogP contribution in [0.5, 0.6) is 5.75 Å². The van der Waals surface area contributed by atoms with Crippen LogP contribution >= 0.6 is 0 Å². The van der Waals surface area contributed by atoms with Gasteiger partial charge < -0.3 is 20.3 Å². The first-order valence-electron chi connectivity index (χ1n) is 6.47. The van der Waals surface area contributed by atoms with Crippen molar-refractivity contribution in [1.29, 1.82) is 0 Å². The van der Waals surface area contributed by atoms with Gasteiger partial charge in [0.2, 0.25) is 5.91 Å². The number of carbonyl (C=O) groups is 2. The van der Waals surface area contributed by atoms with Crippen LogP contribution in [0.1, 0.15) is 18.9 Å². The number of hydrogen-bond donors (Lipinski definition) is 3. The Morgan fingerprint density at radius 2 is 2.15 bits per heavy atom. The van der Waals surface area contributed by atoms with E-state index < -0.39 is 17.8 Å². The molecular weight excluding hydrogens is 262 g/mol. The minimum Gasteiger partial charge on any atom is -0.494 e. The van der Waals surface area contributed by atoms with Gasteiger partial charge in [-0.05, 0) is 31.5 Å². The molecule has 0 saturated heterocycles. The maximum absolute atomic E-state index is 11.8. The molecule has 0 aliphatic heterocycles. The number of carboxylic acid groups (broad SMARTS) is 1. The second-order valence-electron chi connectivity index (χ2n) is 4.69. The van der Waals surface area contributed by atoms with Gasteiger partial charge in [-0.15, -0.1) is 0 Å². The Morgan fingerprint density at radius 1 is 1.40 bits per heavy atom. The molecule has 1 saturated carbocycles. The van der Waals surface area contributed by atoms with Crippen molar-refractivity contribution in [3.8, 4) is 5.75 Å². The zero-order valence-corrected chi connectivity index (χ0v) is 11.1. The number of carboxylic acids is 1. The van der Waals surface area contributed by atoms with E-state index in [4.69, 9.17) is 9.84 Å². The Labute approximate surface area is 116 Å². The SMILES string of the molecule is CCOc1ccc(NC(=O)C2CC2C(=O)O)cc1CO. The molecule has 0 aromatic heterocycles. The number of anilines is 1. The summed E-state index contributed by atoms with van der Waals surface area (Å²) >= 11 is 0. The standard InChI is InChI=1S/C14H17NO5/c1-2-20-12-4-3-9(5-8(12)7-16)15-13(17)10-6-11(10)14(18)19/h3-5,10-11,16H,2,6-7H2,1H3,(H,15,17)(H,18,19). The first kappa shape index (κ1) is 14.3. The molecule has 1 aliphatic rings. The van der Waals surface area contributed by atoms with E-state index in [2.05, 4.69) is 5.32 Å². The van der Waals surface area contributed by atoms with Gasteiger partial charge in [-0.25, -0.2) is 0 Å². The number of benzene rings is 1. The Balaban J connectivity index is 2.03. The van der Waals surface area contributed by atoms with E-state index in [9.17, 15) is 14.7 Å². The van der Waals surface area contributed by atoms with E-state index >= 15 is 0 Å². The number of rotatable bonds is 6. The van der Waals surface area contributed by atoms with Crippen molar-refractivity contribution in [2.24, 2.45) is 11.8 Å². The number of aliphatic carboxylic acids is 1. The predicted molar refractivity (Wildman–Crippen MR) is 71.4 cm³/mol. The highest BCUT2D eigenvalue weighted by Crippen LogP contribution is 2.39. The summed E-state index contributed by atoms with van der Waals surface area (Å²) in [6.45, 7) is 2.14. The van der Waals surface area contributed by atoms with Crippen molar-refractivity contribution in [3.63, 3.8) is 0 Å². The van der Waals surface area contributed by atoms with Crippen LogP contribution in [-0.2, 0) is 16.2 Å². The average Bonchev–Trinajstić information content (AvgIpc) is 3.21. The fourth-order valence-electron chi connectivity index (χ4n) is 2.07. The Bertz CT molecular complexity index is 528. The molecular formula is C14H17NO5. The van der Waals surface area contributed by atoms with Crippen molar-refractivity contribution in [3.05, 3.63) is 23.8 Å². The van der Waals surface area contributed by atoms with E-state index in [1.54, 1.807) is 18.2 Å². The molecule has 6 nitrogen and oxygen atoms in total. The van der Waals surface area contributed by atoms with Crippen molar-refractivity contribution >= 4 is 17.6 Å². The Kier molecular flexibility index (Phi) is 4.24. The zero-order chi connectivity index (χ0) is 14.7. The van der Waals surface area contributed by atoms with E-state index in [-0.39, 0.29) is 12.5 Å². The molecule has 1 fully saturated rings. The molecule has 0 bridgehead atoms. The van der Waals surface area contributed by atoms with Gasteiger partial charge in [0.05, 0.1) is 25.0 Å². The van der Waals surface area contributed by atoms with Gasteiger partial charge in [0.15, 0.2) is 0 Å². The maximum atomic E-state index is 11.8. The third kappa shape index (κ3) is 3.08. The molecule has 1 aromatic rings. The van der Waals surface area contributed by atoms with Crippen LogP contribution in [0.4, 0.5) is 5.69 Å². The summed E-state index contributed by atoms with van der Waals surface area (Å²) in [5.74, 6) is -1.70. The van der Waals surface area contributed by atoms with Gasteiger partial charge in [-0.3, -0.25) is 9.59 Å². The van der Waals surface area contributed by atoms with Crippen LogP contribution in [-0.4, -0.2) is 28.7 Å². The first-order chi connectivity index (χ1) is 9.56. The average molecular weight is 279 g/mol. The normalized spacial score (nSPS) is 20.3. The third-order valence-corrected chi connectivity index (χ3v) is 3.24. The number of hydrogen-bond acceptors (Lipinski definition) is 4. The molecule has 1 aliphatic carbocycles. The van der Waals surface area contributed by atoms with E-state index in [0.717, 1.165) is 0 Å². The molecule has 108 valence electrons. The quantitative estimate of drug-likeness (QED) is 0.728. The van der Waals surface area contributed by atoms with Gasteiger partial charge in [-0.1, -0.05) is 0 Å². The lowest BCUT2D eigenvalue weighted by Gasteiger charge is -2.11. The number of amides is 1. The van der Waals surface area contributed by atoms with Gasteiger partial charge >= 0.3 is 5.97 Å². The Morgan fingerprint density at radius 3 is 2.70 bits per heavy atom. The van der Waals surface area contributed by atoms with Crippen LogP contribution in [0.3, 0.4) is 0 Å². The fraction of sp³-hybridized carbons (Fsp3) is 0.429. The largest absolute Gasteiger partial charge is 0.494 e. The number of aliphatic hydroxyl groups is 1. The van der Waals surface area contributed by atoms with Crippen molar-refractivity contribution in [1.82, 2.24) is 0 Å². The number of nitrogens with one attached hydrogen (secondary N) is 1. The van der Waals surface area contributed by atoms with E-state index in [0.29, 0.717) is 30.0 Å². The summed E-state index contributed by atoms with van der Waals surface area (Å²) in [6, 6.07) is 4.97. The van der Waals surface area contributed by atoms with Crippen LogP contribution < -0.4 is 10.1 Å². The van der Waals surface area contributed by atoms with Crippen molar-refractivity contribution in [2.45, 2.75) is 20.0 Å². The third-order valence-electron chi connectivity index (χ3n) is 3.24. The Hall–Kier alpha value is -2.08. The summed E-state index contributed by atoms with van der Waals surface area (Å²) < 4.78 is 5.35. The van der Waals surface area contributed by atoms with Crippen LogP contribution in [0.25, 0.3) is 0 Å². The summed E-state index contributed by atoms with van der Waals surface area (Å²) in [5.41, 5.74) is 1.11. The molecule has 2 atom stereocenters. The lowest BCUT2D eigenvalue weighted by atomic mass is 10.1. The summed E-state index contributed by atoms with van der Waals surface area (Å²) in [5, 5.41) is 20.7. The summed E-state index contributed by atoms with van der Waals surface area (Å²) in [7, 11) is 0. The zero-order valence-electron chi connectivity index (χ0n) is 11.1. The topological polar surface area (TPSA) is 95.9 Å². The van der Waals surface area contributed by atoms with E-state index in [1.807, 2.05) is 6.92 Å². The molecule has 6 heteroatoms. The maximum Gasteiger partial charge on any atom is 0.307 e. The molecule has 1 amide bonds. The number of ether oxygens (including phenoxy) is 1.